The van der Waals surface area contributed by atoms with Gasteiger partial charge in [-0.15, -0.1) is 0 Å². The lowest BCUT2D eigenvalue weighted by atomic mass is 10.0. The number of benzene rings is 3. The third-order valence-electron chi connectivity index (χ3n) is 6.27. The molecule has 0 aliphatic carbocycles. The van der Waals surface area contributed by atoms with Crippen molar-refractivity contribution in [1.82, 2.24) is 0 Å². The molecule has 0 spiro atoms. The van der Waals surface area contributed by atoms with E-state index in [4.69, 9.17) is 18.9 Å². The standard InChI is InChI=1S/C32H36O7/c1-5-20-36-23(4)30(33)38-28-15-11-25(12-16-28)24-7-9-27(10-8-24)32(35)39-29-17-13-26(14-18-29)31(34)37-21-19-22(3)6-2/h7-18,22-23H,5-6,19-21H2,1-4H3. The van der Waals surface area contributed by atoms with E-state index in [-0.39, 0.29) is 0 Å². The zero-order valence-electron chi connectivity index (χ0n) is 23.0. The highest BCUT2D eigenvalue weighted by Gasteiger charge is 2.16. The first-order valence-electron chi connectivity index (χ1n) is 13.3. The number of carbonyl (C=O) groups excluding carboxylic acids is 3. The number of hydrogen-bond donors (Lipinski definition) is 0. The van der Waals surface area contributed by atoms with Crippen molar-refractivity contribution in [3.05, 3.63) is 83.9 Å². The summed E-state index contributed by atoms with van der Waals surface area (Å²) in [5.41, 5.74) is 2.58. The summed E-state index contributed by atoms with van der Waals surface area (Å²) in [4.78, 5) is 36.9. The minimum absolute atomic E-state index is 0.333. The summed E-state index contributed by atoms with van der Waals surface area (Å²) in [5.74, 6) is -0.0713. The van der Waals surface area contributed by atoms with Gasteiger partial charge in [-0.05, 0) is 85.3 Å². The Bertz CT molecular complexity index is 1210. The maximum Gasteiger partial charge on any atom is 0.343 e. The highest BCUT2D eigenvalue weighted by Crippen LogP contribution is 2.24. The minimum atomic E-state index is -0.629. The van der Waals surface area contributed by atoms with E-state index in [1.807, 2.05) is 31.2 Å². The third kappa shape index (κ3) is 9.07. The number of hydrogen-bond acceptors (Lipinski definition) is 7. The van der Waals surface area contributed by atoms with Crippen molar-refractivity contribution in [3.63, 3.8) is 0 Å². The van der Waals surface area contributed by atoms with Gasteiger partial charge in [0.05, 0.1) is 17.7 Å². The largest absolute Gasteiger partial charge is 0.462 e. The Morgan fingerprint density at radius 3 is 1.77 bits per heavy atom. The highest BCUT2D eigenvalue weighted by molar-refractivity contribution is 5.92. The van der Waals surface area contributed by atoms with Gasteiger partial charge < -0.3 is 18.9 Å². The van der Waals surface area contributed by atoms with Crippen molar-refractivity contribution in [2.24, 2.45) is 5.92 Å². The van der Waals surface area contributed by atoms with Gasteiger partial charge >= 0.3 is 17.9 Å². The SMILES string of the molecule is CCCOC(C)C(=O)Oc1ccc(-c2ccc(C(=O)Oc3ccc(C(=O)OCCC(C)CC)cc3)cc2)cc1. The van der Waals surface area contributed by atoms with Crippen LogP contribution in [-0.4, -0.2) is 37.2 Å². The van der Waals surface area contributed by atoms with Gasteiger partial charge in [0.25, 0.3) is 0 Å². The molecular formula is C32H36O7. The van der Waals surface area contributed by atoms with E-state index in [2.05, 4.69) is 13.8 Å². The van der Waals surface area contributed by atoms with Crippen molar-refractivity contribution in [3.8, 4) is 22.6 Å². The molecule has 39 heavy (non-hydrogen) atoms. The zero-order valence-corrected chi connectivity index (χ0v) is 23.0. The molecule has 0 saturated carbocycles. The second kappa shape index (κ2) is 14.8. The molecule has 3 aromatic carbocycles. The van der Waals surface area contributed by atoms with E-state index in [0.29, 0.717) is 41.8 Å². The third-order valence-corrected chi connectivity index (χ3v) is 6.27. The maximum atomic E-state index is 12.6. The van der Waals surface area contributed by atoms with Crippen LogP contribution in [0.3, 0.4) is 0 Å². The first-order chi connectivity index (χ1) is 18.8. The summed E-state index contributed by atoms with van der Waals surface area (Å²) in [5, 5.41) is 0. The Hall–Kier alpha value is -3.97. The van der Waals surface area contributed by atoms with Crippen LogP contribution in [0.5, 0.6) is 11.5 Å². The van der Waals surface area contributed by atoms with E-state index < -0.39 is 24.0 Å². The fraction of sp³-hybridized carbons (Fsp3) is 0.344. The van der Waals surface area contributed by atoms with Crippen LogP contribution in [0, 0.1) is 5.92 Å². The predicted octanol–water partition coefficient (Wildman–Crippen LogP) is 6.89. The summed E-state index contributed by atoms with van der Waals surface area (Å²) < 4.78 is 21.5. The number of esters is 3. The predicted molar refractivity (Wildman–Crippen MR) is 149 cm³/mol. The quantitative estimate of drug-likeness (QED) is 0.175. The number of ether oxygens (including phenoxy) is 4. The molecule has 3 aromatic rings. The summed E-state index contributed by atoms with van der Waals surface area (Å²) in [6, 6.07) is 20.4. The summed E-state index contributed by atoms with van der Waals surface area (Å²) >= 11 is 0. The van der Waals surface area contributed by atoms with Crippen molar-refractivity contribution in [2.45, 2.75) is 53.1 Å². The average Bonchev–Trinajstić information content (AvgIpc) is 2.96. The van der Waals surface area contributed by atoms with E-state index >= 15 is 0 Å². The van der Waals surface area contributed by atoms with Gasteiger partial charge in [-0.25, -0.2) is 14.4 Å². The average molecular weight is 533 g/mol. The fourth-order valence-electron chi connectivity index (χ4n) is 3.54. The molecule has 206 valence electrons. The first kappa shape index (κ1) is 29.6. The minimum Gasteiger partial charge on any atom is -0.462 e. The van der Waals surface area contributed by atoms with Gasteiger partial charge in [-0.1, -0.05) is 51.5 Å². The fourth-order valence-corrected chi connectivity index (χ4v) is 3.54. The van der Waals surface area contributed by atoms with Gasteiger partial charge in [-0.2, -0.15) is 0 Å². The van der Waals surface area contributed by atoms with E-state index in [1.54, 1.807) is 55.5 Å². The molecule has 0 N–H and O–H groups in total. The molecule has 0 aliphatic rings. The molecule has 7 heteroatoms. The van der Waals surface area contributed by atoms with Crippen LogP contribution < -0.4 is 9.47 Å². The van der Waals surface area contributed by atoms with E-state index in [1.165, 1.54) is 0 Å². The first-order valence-corrected chi connectivity index (χ1v) is 13.3. The van der Waals surface area contributed by atoms with Crippen LogP contribution in [0.2, 0.25) is 0 Å². The monoisotopic (exact) mass is 532 g/mol. The Balaban J connectivity index is 1.53. The number of rotatable bonds is 13. The van der Waals surface area contributed by atoms with E-state index in [9.17, 15) is 14.4 Å². The molecule has 0 saturated heterocycles. The molecule has 0 radical (unpaired) electrons. The van der Waals surface area contributed by atoms with Crippen molar-refractivity contribution < 1.29 is 33.3 Å². The molecule has 0 heterocycles. The smallest absolute Gasteiger partial charge is 0.343 e. The van der Waals surface area contributed by atoms with Gasteiger partial charge in [0.2, 0.25) is 0 Å². The second-order valence-electron chi connectivity index (χ2n) is 9.39. The van der Waals surface area contributed by atoms with Crippen LogP contribution >= 0.6 is 0 Å². The summed E-state index contributed by atoms with van der Waals surface area (Å²) in [6.45, 7) is 8.75. The van der Waals surface area contributed by atoms with Crippen LogP contribution in [-0.2, 0) is 14.3 Å². The van der Waals surface area contributed by atoms with Gasteiger partial charge in [0.15, 0.2) is 6.10 Å². The molecule has 7 nitrogen and oxygen atoms in total. The zero-order chi connectivity index (χ0) is 28.2. The lowest BCUT2D eigenvalue weighted by Gasteiger charge is -2.12. The highest BCUT2D eigenvalue weighted by atomic mass is 16.6. The molecular weight excluding hydrogens is 496 g/mol. The Kier molecular flexibility index (Phi) is 11.3. The summed E-state index contributed by atoms with van der Waals surface area (Å²) in [6.07, 6.45) is 2.07. The topological polar surface area (TPSA) is 88.1 Å². The van der Waals surface area contributed by atoms with Crippen molar-refractivity contribution >= 4 is 17.9 Å². The van der Waals surface area contributed by atoms with Crippen LogP contribution in [0.4, 0.5) is 0 Å². The lowest BCUT2D eigenvalue weighted by Crippen LogP contribution is -2.26. The Morgan fingerprint density at radius 1 is 0.667 bits per heavy atom. The number of carbonyl (C=O) groups is 3. The summed E-state index contributed by atoms with van der Waals surface area (Å²) in [7, 11) is 0. The second-order valence-corrected chi connectivity index (χ2v) is 9.39. The van der Waals surface area contributed by atoms with Gasteiger partial charge in [0, 0.05) is 6.61 Å². The van der Waals surface area contributed by atoms with Crippen LogP contribution in [0.25, 0.3) is 11.1 Å². The molecule has 0 aromatic heterocycles. The van der Waals surface area contributed by atoms with Crippen molar-refractivity contribution in [1.29, 1.82) is 0 Å². The molecule has 3 rings (SSSR count). The van der Waals surface area contributed by atoms with Gasteiger partial charge in [0.1, 0.15) is 11.5 Å². The van der Waals surface area contributed by atoms with Crippen LogP contribution in [0.15, 0.2) is 72.8 Å². The lowest BCUT2D eigenvalue weighted by molar-refractivity contribution is -0.146. The Morgan fingerprint density at radius 2 is 1.18 bits per heavy atom. The normalized spacial score (nSPS) is 12.3. The molecule has 0 aliphatic heterocycles. The molecule has 2 unspecified atom stereocenters. The molecule has 0 bridgehead atoms. The van der Waals surface area contributed by atoms with E-state index in [0.717, 1.165) is 30.4 Å². The maximum absolute atomic E-state index is 12.6. The van der Waals surface area contributed by atoms with Crippen molar-refractivity contribution in [2.75, 3.05) is 13.2 Å². The molecule has 0 fully saturated rings. The molecule has 2 atom stereocenters. The Labute approximate surface area is 230 Å². The van der Waals surface area contributed by atoms with Crippen LogP contribution in [0.1, 0.15) is 67.7 Å². The molecule has 0 amide bonds. The van der Waals surface area contributed by atoms with Gasteiger partial charge in [-0.3, -0.25) is 0 Å².